The summed E-state index contributed by atoms with van der Waals surface area (Å²) >= 11 is 0. The topological polar surface area (TPSA) is 195 Å². The molecule has 4 unspecified atom stereocenters. The SMILES string of the molecule is NC(Cc1cnc[nH]1)C(=O)NC(Cc1ccccc1)C(=O)NC(Cc1c[nH]c2ccccc12)C(=O)NC(Cc1ccccc1)C(=O)O. The lowest BCUT2D eigenvalue weighted by Gasteiger charge is -2.25. The first-order valence-electron chi connectivity index (χ1n) is 15.3. The second-order valence-corrected chi connectivity index (χ2v) is 11.4. The fraction of sp³-hybridized carbons (Fsp3) is 0.229. The highest BCUT2D eigenvalue weighted by Crippen LogP contribution is 2.19. The van der Waals surface area contributed by atoms with Crippen molar-refractivity contribution >= 4 is 34.6 Å². The van der Waals surface area contributed by atoms with Crippen molar-refractivity contribution in [2.24, 2.45) is 5.73 Å². The number of H-pyrrole nitrogens is 2. The van der Waals surface area contributed by atoms with Gasteiger partial charge in [-0.25, -0.2) is 9.78 Å². The van der Waals surface area contributed by atoms with Crippen LogP contribution < -0.4 is 21.7 Å². The molecular formula is C35H37N7O5. The van der Waals surface area contributed by atoms with Crippen LogP contribution in [0.25, 0.3) is 10.9 Å². The molecule has 0 saturated heterocycles. The molecule has 3 aromatic carbocycles. The van der Waals surface area contributed by atoms with E-state index in [0.717, 1.165) is 27.6 Å². The van der Waals surface area contributed by atoms with Crippen LogP contribution in [0.2, 0.25) is 0 Å². The number of nitrogens with one attached hydrogen (secondary N) is 5. The van der Waals surface area contributed by atoms with Crippen molar-refractivity contribution in [1.82, 2.24) is 30.9 Å². The third-order valence-corrected chi connectivity index (χ3v) is 7.88. The first-order chi connectivity index (χ1) is 22.8. The van der Waals surface area contributed by atoms with E-state index in [-0.39, 0.29) is 25.7 Å². The molecule has 2 aromatic heterocycles. The minimum Gasteiger partial charge on any atom is -0.480 e. The summed E-state index contributed by atoms with van der Waals surface area (Å²) in [5.41, 5.74) is 9.95. The number of imidazole rings is 1. The Kier molecular flexibility index (Phi) is 10.8. The fourth-order valence-corrected chi connectivity index (χ4v) is 5.39. The number of carboxylic acid groups (broad SMARTS) is 1. The normalized spacial score (nSPS) is 13.6. The monoisotopic (exact) mass is 635 g/mol. The van der Waals surface area contributed by atoms with E-state index < -0.39 is 47.9 Å². The van der Waals surface area contributed by atoms with Crippen molar-refractivity contribution in [1.29, 1.82) is 0 Å². The largest absolute Gasteiger partial charge is 0.480 e. The molecule has 0 radical (unpaired) electrons. The molecule has 5 aromatic rings. The molecule has 0 aliphatic carbocycles. The molecule has 0 fully saturated rings. The molecule has 47 heavy (non-hydrogen) atoms. The number of amides is 3. The summed E-state index contributed by atoms with van der Waals surface area (Å²) in [6.07, 6.45) is 5.22. The van der Waals surface area contributed by atoms with E-state index in [1.165, 1.54) is 6.33 Å². The predicted molar refractivity (Wildman–Crippen MR) is 176 cm³/mol. The van der Waals surface area contributed by atoms with Gasteiger partial charge in [-0.3, -0.25) is 14.4 Å². The van der Waals surface area contributed by atoms with E-state index in [9.17, 15) is 24.3 Å². The van der Waals surface area contributed by atoms with Crippen molar-refractivity contribution in [3.8, 4) is 0 Å². The van der Waals surface area contributed by atoms with Gasteiger partial charge in [0.05, 0.1) is 12.4 Å². The Morgan fingerprint density at radius 2 is 1.23 bits per heavy atom. The zero-order valence-corrected chi connectivity index (χ0v) is 25.6. The lowest BCUT2D eigenvalue weighted by atomic mass is 10.0. The molecule has 8 N–H and O–H groups in total. The number of carbonyl (C=O) groups is 4. The van der Waals surface area contributed by atoms with Crippen molar-refractivity contribution in [3.05, 3.63) is 126 Å². The van der Waals surface area contributed by atoms with E-state index in [0.29, 0.717) is 5.69 Å². The smallest absolute Gasteiger partial charge is 0.326 e. The van der Waals surface area contributed by atoms with Crippen LogP contribution in [0.3, 0.4) is 0 Å². The Bertz CT molecular complexity index is 1790. The van der Waals surface area contributed by atoms with Crippen molar-refractivity contribution in [2.45, 2.75) is 49.9 Å². The second-order valence-electron chi connectivity index (χ2n) is 11.4. The third-order valence-electron chi connectivity index (χ3n) is 7.88. The number of hydrogen-bond acceptors (Lipinski definition) is 6. The van der Waals surface area contributed by atoms with Gasteiger partial charge in [0.1, 0.15) is 18.1 Å². The number of fused-ring (bicyclic) bond motifs is 1. The molecular weight excluding hydrogens is 598 g/mol. The number of nitrogens with two attached hydrogens (primary N) is 1. The molecule has 12 heteroatoms. The van der Waals surface area contributed by atoms with E-state index in [4.69, 9.17) is 5.73 Å². The van der Waals surface area contributed by atoms with Crippen molar-refractivity contribution in [2.75, 3.05) is 0 Å². The van der Waals surface area contributed by atoms with Crippen molar-refractivity contribution < 1.29 is 24.3 Å². The number of carbonyl (C=O) groups excluding carboxylic acids is 3. The van der Waals surface area contributed by atoms with Crippen LogP contribution in [-0.2, 0) is 44.9 Å². The van der Waals surface area contributed by atoms with Crippen LogP contribution in [-0.4, -0.2) is 67.9 Å². The number of aliphatic carboxylic acids is 1. The highest BCUT2D eigenvalue weighted by molar-refractivity contribution is 5.95. The maximum absolute atomic E-state index is 14.0. The lowest BCUT2D eigenvalue weighted by molar-refractivity contribution is -0.142. The van der Waals surface area contributed by atoms with Gasteiger partial charge >= 0.3 is 5.97 Å². The predicted octanol–water partition coefficient (Wildman–Crippen LogP) is 2.03. The van der Waals surface area contributed by atoms with E-state index >= 15 is 0 Å². The van der Waals surface area contributed by atoms with E-state index in [1.807, 2.05) is 60.7 Å². The summed E-state index contributed by atoms with van der Waals surface area (Å²) in [6.45, 7) is 0. The lowest BCUT2D eigenvalue weighted by Crippen LogP contribution is -2.58. The van der Waals surface area contributed by atoms with Gasteiger partial charge in [0.25, 0.3) is 0 Å². The van der Waals surface area contributed by atoms with Gasteiger partial charge in [-0.15, -0.1) is 0 Å². The van der Waals surface area contributed by atoms with Gasteiger partial charge in [0.15, 0.2) is 0 Å². The van der Waals surface area contributed by atoms with Gasteiger partial charge in [0.2, 0.25) is 17.7 Å². The Labute approximate surface area is 271 Å². The van der Waals surface area contributed by atoms with Crippen LogP contribution in [0.4, 0.5) is 0 Å². The first-order valence-corrected chi connectivity index (χ1v) is 15.3. The number of aromatic amines is 2. The maximum Gasteiger partial charge on any atom is 0.326 e. The van der Waals surface area contributed by atoms with E-state index in [2.05, 4.69) is 30.9 Å². The number of carboxylic acids is 1. The highest BCUT2D eigenvalue weighted by atomic mass is 16.4. The van der Waals surface area contributed by atoms with Crippen LogP contribution in [0.5, 0.6) is 0 Å². The van der Waals surface area contributed by atoms with Gasteiger partial charge in [0, 0.05) is 54.7 Å². The molecule has 0 saturated carbocycles. The Balaban J connectivity index is 1.39. The minimum atomic E-state index is -1.24. The van der Waals surface area contributed by atoms with Gasteiger partial charge < -0.3 is 36.8 Å². The second kappa shape index (κ2) is 15.5. The Hall–Kier alpha value is -5.75. The van der Waals surface area contributed by atoms with Crippen LogP contribution >= 0.6 is 0 Å². The third kappa shape index (κ3) is 8.92. The van der Waals surface area contributed by atoms with Gasteiger partial charge in [-0.05, 0) is 22.8 Å². The summed E-state index contributed by atoms with van der Waals surface area (Å²) in [6, 6.07) is 21.2. The van der Waals surface area contributed by atoms with Crippen LogP contribution in [0.1, 0.15) is 22.4 Å². The number of benzene rings is 3. The average molecular weight is 636 g/mol. The quantitative estimate of drug-likeness (QED) is 0.0914. The summed E-state index contributed by atoms with van der Waals surface area (Å²) < 4.78 is 0. The van der Waals surface area contributed by atoms with E-state index in [1.54, 1.807) is 36.7 Å². The molecule has 0 aliphatic heterocycles. The molecule has 5 rings (SSSR count). The molecule has 12 nitrogen and oxygen atoms in total. The maximum atomic E-state index is 14.0. The standard InChI is InChI=1S/C35H37N7O5/c36-27(18-25-20-37-21-39-25)32(43)40-29(15-22-9-3-1-4-10-22)33(44)41-30(17-24-19-38-28-14-8-7-13-26(24)28)34(45)42-31(35(46)47)16-23-11-5-2-6-12-23/h1-14,19-21,27,29-31,38H,15-18,36H2,(H,37,39)(H,40,43)(H,41,44)(H,42,45)(H,46,47). The molecule has 2 heterocycles. The van der Waals surface area contributed by atoms with Gasteiger partial charge in [-0.1, -0.05) is 78.9 Å². The molecule has 0 bridgehead atoms. The molecule has 242 valence electrons. The number of aromatic nitrogens is 3. The summed E-state index contributed by atoms with van der Waals surface area (Å²) in [7, 11) is 0. The molecule has 0 aliphatic rings. The first kappa shape index (κ1) is 32.6. The number of para-hydroxylation sites is 1. The van der Waals surface area contributed by atoms with Crippen molar-refractivity contribution in [3.63, 3.8) is 0 Å². The summed E-state index contributed by atoms with van der Waals surface area (Å²) in [5.74, 6) is -3.06. The Morgan fingerprint density at radius 1 is 0.681 bits per heavy atom. The molecule has 4 atom stereocenters. The highest BCUT2D eigenvalue weighted by Gasteiger charge is 2.31. The zero-order valence-electron chi connectivity index (χ0n) is 25.6. The Morgan fingerprint density at radius 3 is 1.85 bits per heavy atom. The number of nitrogens with zero attached hydrogens (tertiary/aromatic N) is 1. The minimum absolute atomic E-state index is 0.0522. The average Bonchev–Trinajstić information content (AvgIpc) is 3.74. The molecule has 0 spiro atoms. The zero-order chi connectivity index (χ0) is 33.2. The van der Waals surface area contributed by atoms with Crippen LogP contribution in [0, 0.1) is 0 Å². The summed E-state index contributed by atoms with van der Waals surface area (Å²) in [4.78, 5) is 63.2. The van der Waals surface area contributed by atoms with Crippen LogP contribution in [0.15, 0.2) is 104 Å². The number of rotatable bonds is 15. The van der Waals surface area contributed by atoms with Gasteiger partial charge in [-0.2, -0.15) is 0 Å². The molecule has 3 amide bonds. The number of hydrogen-bond donors (Lipinski definition) is 7. The fourth-order valence-electron chi connectivity index (χ4n) is 5.39. The summed E-state index contributed by atoms with van der Waals surface area (Å²) in [5, 5.41) is 19.0.